The number of ether oxygens (including phenoxy) is 2. The van der Waals surface area contributed by atoms with Gasteiger partial charge in [0.1, 0.15) is 30.2 Å². The van der Waals surface area contributed by atoms with Crippen molar-refractivity contribution in [1.82, 2.24) is 4.98 Å². The third-order valence-corrected chi connectivity index (χ3v) is 5.47. The number of hydrogen-bond acceptors (Lipinski definition) is 7. The number of benzene rings is 2. The molecular formula is C20H17FN2O5S2. The van der Waals surface area contributed by atoms with Crippen LogP contribution < -0.4 is 14.8 Å². The molecule has 1 N–H and O–H groups in total. The minimum absolute atomic E-state index is 0.0602. The molecule has 2 aromatic carbocycles. The van der Waals surface area contributed by atoms with E-state index in [9.17, 15) is 18.5 Å². The van der Waals surface area contributed by atoms with E-state index in [-0.39, 0.29) is 28.9 Å². The van der Waals surface area contributed by atoms with E-state index in [1.165, 1.54) is 37.4 Å². The zero-order valence-electron chi connectivity index (χ0n) is 16.0. The maximum Gasteiger partial charge on any atom is 0.308 e. The van der Waals surface area contributed by atoms with Gasteiger partial charge in [-0.3, -0.25) is 14.9 Å². The topological polar surface area (TPSA) is 101 Å². The largest absolute Gasteiger partial charge is 0.610 e. The summed E-state index contributed by atoms with van der Waals surface area (Å²) in [5.74, 6) is -1.08. The van der Waals surface area contributed by atoms with Crippen molar-refractivity contribution in [2.75, 3.05) is 11.6 Å². The number of nitrogens with zero attached hydrogens (tertiary/aromatic N) is 1. The summed E-state index contributed by atoms with van der Waals surface area (Å²) in [4.78, 5) is 28.2. The van der Waals surface area contributed by atoms with Crippen molar-refractivity contribution in [1.29, 1.82) is 0 Å². The molecule has 7 nitrogen and oxygen atoms in total. The number of esters is 1. The maximum atomic E-state index is 13.0. The Labute approximate surface area is 179 Å². The highest BCUT2D eigenvalue weighted by Crippen LogP contribution is 2.27. The number of rotatable bonds is 7. The Balaban J connectivity index is 1.79. The number of halogens is 1. The van der Waals surface area contributed by atoms with Crippen LogP contribution in [0.4, 0.5) is 9.52 Å². The molecule has 0 saturated carbocycles. The molecule has 0 aliphatic rings. The average molecular weight is 448 g/mol. The Hall–Kier alpha value is -2.95. The Morgan fingerprint density at radius 2 is 1.97 bits per heavy atom. The molecule has 0 fully saturated rings. The van der Waals surface area contributed by atoms with Crippen LogP contribution in [0, 0.1) is 5.82 Å². The molecule has 0 bridgehead atoms. The van der Waals surface area contributed by atoms with Gasteiger partial charge in [0.05, 0.1) is 10.9 Å². The van der Waals surface area contributed by atoms with Gasteiger partial charge in [0.15, 0.2) is 5.13 Å². The molecule has 1 atom stereocenters. The number of aromatic nitrogens is 1. The van der Waals surface area contributed by atoms with Crippen molar-refractivity contribution in [3.63, 3.8) is 0 Å². The second-order valence-corrected chi connectivity index (χ2v) is 8.25. The van der Waals surface area contributed by atoms with Crippen molar-refractivity contribution >= 4 is 39.5 Å². The van der Waals surface area contributed by atoms with Gasteiger partial charge >= 0.3 is 5.97 Å². The number of carbonyl (C=O) groups is 2. The van der Waals surface area contributed by atoms with Crippen LogP contribution in [0.3, 0.4) is 0 Å². The Kier molecular flexibility index (Phi) is 7.03. The minimum Gasteiger partial charge on any atom is -0.610 e. The molecule has 1 unspecified atom stereocenters. The Morgan fingerprint density at radius 3 is 2.60 bits per heavy atom. The molecule has 1 aromatic heterocycles. The summed E-state index contributed by atoms with van der Waals surface area (Å²) in [6, 6.07) is 10.3. The molecular weight excluding hydrogens is 431 g/mol. The van der Waals surface area contributed by atoms with Gasteiger partial charge < -0.3 is 14.0 Å². The van der Waals surface area contributed by atoms with Crippen LogP contribution in [0.15, 0.2) is 52.9 Å². The first-order chi connectivity index (χ1) is 14.3. The SMILES string of the molecule is CC(=O)Oc1ccc(OCc2ccc(F)cc2)cc1C(=O)Nc1nc([S+](C)[O-])cs1. The van der Waals surface area contributed by atoms with Crippen LogP contribution in [0.5, 0.6) is 11.5 Å². The van der Waals surface area contributed by atoms with Gasteiger partial charge in [-0.25, -0.2) is 4.39 Å². The second kappa shape index (κ2) is 9.70. The van der Waals surface area contributed by atoms with E-state index in [0.29, 0.717) is 10.8 Å². The molecule has 1 heterocycles. The number of anilines is 1. The third kappa shape index (κ3) is 5.78. The molecule has 3 aromatic rings. The number of amides is 1. The highest BCUT2D eigenvalue weighted by molar-refractivity contribution is 7.90. The molecule has 156 valence electrons. The first-order valence-electron chi connectivity index (χ1n) is 8.62. The van der Waals surface area contributed by atoms with Crippen molar-refractivity contribution in [2.24, 2.45) is 0 Å². The Morgan fingerprint density at radius 1 is 1.23 bits per heavy atom. The van der Waals surface area contributed by atoms with E-state index >= 15 is 0 Å². The van der Waals surface area contributed by atoms with Crippen LogP contribution in [0.1, 0.15) is 22.8 Å². The number of thiazole rings is 1. The van der Waals surface area contributed by atoms with Gasteiger partial charge in [0.2, 0.25) is 0 Å². The van der Waals surface area contributed by atoms with Crippen molar-refractivity contribution < 1.29 is 28.0 Å². The molecule has 10 heteroatoms. The molecule has 3 rings (SSSR count). The molecule has 0 aliphatic heterocycles. The van der Waals surface area contributed by atoms with E-state index in [0.717, 1.165) is 16.9 Å². The monoisotopic (exact) mass is 448 g/mol. The maximum absolute atomic E-state index is 13.0. The lowest BCUT2D eigenvalue weighted by Gasteiger charge is -2.12. The number of nitrogens with one attached hydrogen (secondary N) is 1. The van der Waals surface area contributed by atoms with Gasteiger partial charge in [-0.2, -0.15) is 4.98 Å². The van der Waals surface area contributed by atoms with Crippen LogP contribution in [-0.2, 0) is 22.6 Å². The van der Waals surface area contributed by atoms with E-state index in [1.54, 1.807) is 23.6 Å². The summed E-state index contributed by atoms with van der Waals surface area (Å²) in [6.45, 7) is 1.39. The molecule has 1 amide bonds. The lowest BCUT2D eigenvalue weighted by molar-refractivity contribution is -0.131. The summed E-state index contributed by atoms with van der Waals surface area (Å²) in [6.07, 6.45) is 1.49. The van der Waals surface area contributed by atoms with Gasteiger partial charge in [0, 0.05) is 18.1 Å². The zero-order chi connectivity index (χ0) is 21.7. The van der Waals surface area contributed by atoms with Gasteiger partial charge in [-0.1, -0.05) is 23.5 Å². The van der Waals surface area contributed by atoms with E-state index in [1.807, 2.05) is 0 Å². The van der Waals surface area contributed by atoms with Crippen molar-refractivity contribution in [3.05, 3.63) is 64.8 Å². The smallest absolute Gasteiger partial charge is 0.308 e. The van der Waals surface area contributed by atoms with Gasteiger partial charge in [-0.05, 0) is 35.9 Å². The lowest BCUT2D eigenvalue weighted by Crippen LogP contribution is -2.15. The lowest BCUT2D eigenvalue weighted by atomic mass is 10.1. The predicted molar refractivity (Wildman–Crippen MR) is 111 cm³/mol. The highest BCUT2D eigenvalue weighted by Gasteiger charge is 2.19. The molecule has 0 radical (unpaired) electrons. The molecule has 30 heavy (non-hydrogen) atoms. The molecule has 0 aliphatic carbocycles. The first kappa shape index (κ1) is 21.8. The quantitative estimate of drug-likeness (QED) is 0.335. The van der Waals surface area contributed by atoms with Crippen LogP contribution in [0.2, 0.25) is 0 Å². The van der Waals surface area contributed by atoms with Gasteiger partial charge in [0.25, 0.3) is 10.9 Å². The fourth-order valence-electron chi connectivity index (χ4n) is 2.38. The van der Waals surface area contributed by atoms with Crippen molar-refractivity contribution in [3.8, 4) is 11.5 Å². The van der Waals surface area contributed by atoms with E-state index in [4.69, 9.17) is 9.47 Å². The summed E-state index contributed by atoms with van der Waals surface area (Å²) in [5.41, 5.74) is 0.811. The highest BCUT2D eigenvalue weighted by atomic mass is 32.2. The fraction of sp³-hybridized carbons (Fsp3) is 0.150. The average Bonchev–Trinajstić information content (AvgIpc) is 3.17. The first-order valence-corrected chi connectivity index (χ1v) is 11.1. The number of carbonyl (C=O) groups excluding carboxylic acids is 2. The standard InChI is InChI=1S/C20H17FN2O5S2/c1-12(24)28-17-8-7-15(27-10-13-3-5-14(21)6-4-13)9-16(17)19(25)23-20-22-18(11-29-20)30(2)26/h3-9,11H,10H2,1-2H3,(H,22,23,25). The predicted octanol–water partition coefficient (Wildman–Crippen LogP) is 3.78. The molecule has 0 spiro atoms. The summed E-state index contributed by atoms with van der Waals surface area (Å²) < 4.78 is 35.3. The molecule has 0 saturated heterocycles. The summed E-state index contributed by atoms with van der Waals surface area (Å²) in [7, 11) is 0. The minimum atomic E-state index is -1.27. The third-order valence-electron chi connectivity index (χ3n) is 3.77. The normalized spacial score (nSPS) is 11.6. The van der Waals surface area contributed by atoms with Crippen molar-refractivity contribution in [2.45, 2.75) is 18.6 Å². The Bertz CT molecular complexity index is 1050. The second-order valence-electron chi connectivity index (χ2n) is 6.07. The summed E-state index contributed by atoms with van der Waals surface area (Å²) in [5, 5.41) is 4.80. The zero-order valence-corrected chi connectivity index (χ0v) is 17.6. The van der Waals surface area contributed by atoms with Crippen LogP contribution >= 0.6 is 11.3 Å². The number of hydrogen-bond donors (Lipinski definition) is 1. The summed E-state index contributed by atoms with van der Waals surface area (Å²) >= 11 is -0.143. The van der Waals surface area contributed by atoms with Crippen LogP contribution in [0.25, 0.3) is 0 Å². The van der Waals surface area contributed by atoms with Gasteiger partial charge in [-0.15, -0.1) is 0 Å². The van der Waals surface area contributed by atoms with E-state index < -0.39 is 23.1 Å². The van der Waals surface area contributed by atoms with E-state index in [2.05, 4.69) is 10.3 Å². The van der Waals surface area contributed by atoms with Crippen LogP contribution in [-0.4, -0.2) is 27.7 Å². The fourth-order valence-corrected chi connectivity index (χ4v) is 3.91.